The molecule has 0 aliphatic carbocycles. The second-order valence-corrected chi connectivity index (χ2v) is 5.44. The van der Waals surface area contributed by atoms with Gasteiger partial charge in [-0.2, -0.15) is 5.26 Å². The van der Waals surface area contributed by atoms with Crippen molar-refractivity contribution in [1.29, 1.82) is 5.26 Å². The van der Waals surface area contributed by atoms with E-state index >= 15 is 0 Å². The Hall–Kier alpha value is -1.65. The summed E-state index contributed by atoms with van der Waals surface area (Å²) in [5.41, 5.74) is 1.05. The zero-order valence-corrected chi connectivity index (χ0v) is 11.8. The van der Waals surface area contributed by atoms with Gasteiger partial charge in [0, 0.05) is 5.75 Å². The molecular formula is C12H16N6S. The number of aromatic nitrogens is 4. The van der Waals surface area contributed by atoms with Crippen LogP contribution in [0.4, 0.5) is 0 Å². The number of nitriles is 1. The molecule has 0 radical (unpaired) electrons. The summed E-state index contributed by atoms with van der Waals surface area (Å²) in [4.78, 5) is 15.5. The van der Waals surface area contributed by atoms with E-state index in [-0.39, 0.29) is 0 Å². The van der Waals surface area contributed by atoms with Crippen LogP contribution in [-0.4, -0.2) is 37.8 Å². The minimum atomic E-state index is -0.484. The first kappa shape index (κ1) is 13.8. The Labute approximate surface area is 116 Å². The lowest BCUT2D eigenvalue weighted by atomic mass is 10.0. The second-order valence-electron chi connectivity index (χ2n) is 4.35. The molecule has 0 fully saturated rings. The number of fused-ring (bicyclic) bond motifs is 1. The fourth-order valence-corrected chi connectivity index (χ4v) is 2.90. The minimum Gasteiger partial charge on any atom is -0.341 e. The lowest BCUT2D eigenvalue weighted by Crippen LogP contribution is -2.41. The monoisotopic (exact) mass is 276 g/mol. The largest absolute Gasteiger partial charge is 0.341 e. The van der Waals surface area contributed by atoms with E-state index in [9.17, 15) is 5.26 Å². The van der Waals surface area contributed by atoms with Gasteiger partial charge in [-0.1, -0.05) is 6.92 Å². The van der Waals surface area contributed by atoms with E-state index in [0.29, 0.717) is 5.65 Å². The van der Waals surface area contributed by atoms with Crippen molar-refractivity contribution in [3.8, 4) is 6.07 Å². The Morgan fingerprint density at radius 1 is 1.47 bits per heavy atom. The zero-order chi connectivity index (χ0) is 13.7. The molecule has 0 saturated heterocycles. The highest BCUT2D eigenvalue weighted by atomic mass is 32.2. The van der Waals surface area contributed by atoms with Crippen molar-refractivity contribution in [3.63, 3.8) is 0 Å². The minimum absolute atomic E-state index is 0.484. The van der Waals surface area contributed by atoms with Crippen LogP contribution in [0.3, 0.4) is 0 Å². The fraction of sp³-hybridized carbons (Fsp3) is 0.500. The molecule has 0 amide bonds. The van der Waals surface area contributed by atoms with E-state index in [1.54, 1.807) is 18.1 Å². The van der Waals surface area contributed by atoms with Crippen molar-refractivity contribution in [2.75, 3.05) is 12.3 Å². The van der Waals surface area contributed by atoms with Crippen molar-refractivity contribution in [3.05, 3.63) is 12.7 Å². The summed E-state index contributed by atoms with van der Waals surface area (Å²) < 4.78 is 0. The predicted octanol–water partition coefficient (Wildman–Crippen LogP) is 1.73. The van der Waals surface area contributed by atoms with Crippen LogP contribution in [0.1, 0.15) is 20.3 Å². The summed E-state index contributed by atoms with van der Waals surface area (Å²) in [5, 5.41) is 13.3. The molecule has 2 rings (SSSR count). The number of H-pyrrole nitrogens is 1. The maximum absolute atomic E-state index is 9.19. The molecule has 0 bridgehead atoms. The molecule has 0 aliphatic rings. The number of thioether (sulfide) groups is 1. The van der Waals surface area contributed by atoms with Crippen LogP contribution in [0.25, 0.3) is 11.2 Å². The van der Waals surface area contributed by atoms with Gasteiger partial charge in [-0.05, 0) is 19.9 Å². The average molecular weight is 276 g/mol. The highest BCUT2D eigenvalue weighted by molar-refractivity contribution is 7.99. The lowest BCUT2D eigenvalue weighted by molar-refractivity contribution is 0.450. The number of nitrogens with zero attached hydrogens (tertiary/aromatic N) is 4. The van der Waals surface area contributed by atoms with Crippen LogP contribution in [0.2, 0.25) is 0 Å². The number of nitrogens with one attached hydrogen (secondary N) is 2. The maximum atomic E-state index is 9.19. The zero-order valence-electron chi connectivity index (χ0n) is 11.0. The van der Waals surface area contributed by atoms with Crippen molar-refractivity contribution in [2.24, 2.45) is 0 Å². The van der Waals surface area contributed by atoms with Crippen LogP contribution >= 0.6 is 11.8 Å². The highest BCUT2D eigenvalue weighted by Gasteiger charge is 2.22. The molecule has 2 aromatic heterocycles. The maximum Gasteiger partial charge on any atom is 0.181 e. The normalized spacial score (nSPS) is 14.2. The molecule has 100 valence electrons. The SMILES string of the molecule is CCNC(C)(C#N)CCSc1ncnc2nc[nH]c12. The van der Waals surface area contributed by atoms with Gasteiger partial charge in [0.1, 0.15) is 22.4 Å². The van der Waals surface area contributed by atoms with E-state index in [1.165, 1.54) is 6.33 Å². The fourth-order valence-electron chi connectivity index (χ4n) is 1.78. The molecule has 19 heavy (non-hydrogen) atoms. The topological polar surface area (TPSA) is 90.3 Å². The number of hydrogen-bond donors (Lipinski definition) is 2. The lowest BCUT2D eigenvalue weighted by Gasteiger charge is -2.21. The summed E-state index contributed by atoms with van der Waals surface area (Å²) in [5.74, 6) is 0.808. The summed E-state index contributed by atoms with van der Waals surface area (Å²) in [6, 6.07) is 2.32. The highest BCUT2D eigenvalue weighted by Crippen LogP contribution is 2.24. The van der Waals surface area contributed by atoms with Crippen LogP contribution in [0.5, 0.6) is 0 Å². The first-order valence-electron chi connectivity index (χ1n) is 6.11. The Balaban J connectivity index is 2.00. The van der Waals surface area contributed by atoms with Crippen LogP contribution in [-0.2, 0) is 0 Å². The Kier molecular flexibility index (Phi) is 4.35. The molecule has 0 spiro atoms. The molecule has 2 aromatic rings. The van der Waals surface area contributed by atoms with Gasteiger partial charge in [-0.3, -0.25) is 5.32 Å². The van der Waals surface area contributed by atoms with Crippen molar-refractivity contribution >= 4 is 22.9 Å². The van der Waals surface area contributed by atoms with Crippen LogP contribution in [0.15, 0.2) is 17.7 Å². The third-order valence-corrected chi connectivity index (χ3v) is 3.83. The molecule has 0 saturated carbocycles. The van der Waals surface area contributed by atoms with E-state index in [4.69, 9.17) is 0 Å². The Morgan fingerprint density at radius 3 is 3.05 bits per heavy atom. The number of rotatable bonds is 6. The average Bonchev–Trinajstić information content (AvgIpc) is 2.88. The van der Waals surface area contributed by atoms with Gasteiger partial charge in [0.25, 0.3) is 0 Å². The van der Waals surface area contributed by atoms with Gasteiger partial charge in [0.15, 0.2) is 5.65 Å². The summed E-state index contributed by atoms with van der Waals surface area (Å²) in [6.07, 6.45) is 3.88. The van der Waals surface area contributed by atoms with E-state index < -0.39 is 5.54 Å². The molecule has 7 heteroatoms. The summed E-state index contributed by atoms with van der Waals surface area (Å²) >= 11 is 1.61. The molecule has 0 aliphatic heterocycles. The molecule has 6 nitrogen and oxygen atoms in total. The standard InChI is InChI=1S/C12H16N6S/c1-3-18-12(2,6-13)4-5-19-11-9-10(15-7-14-9)16-8-17-11/h7-8,18H,3-5H2,1-2H3,(H,14,15,16,17). The molecule has 2 heterocycles. The van der Waals surface area contributed by atoms with Crippen molar-refractivity contribution < 1.29 is 0 Å². The Morgan fingerprint density at radius 2 is 2.32 bits per heavy atom. The van der Waals surface area contributed by atoms with Gasteiger partial charge in [0.2, 0.25) is 0 Å². The van der Waals surface area contributed by atoms with Gasteiger partial charge >= 0.3 is 0 Å². The van der Waals surface area contributed by atoms with Gasteiger partial charge in [-0.15, -0.1) is 11.8 Å². The van der Waals surface area contributed by atoms with Gasteiger partial charge in [-0.25, -0.2) is 15.0 Å². The first-order chi connectivity index (χ1) is 9.18. The molecule has 2 N–H and O–H groups in total. The van der Waals surface area contributed by atoms with E-state index in [0.717, 1.165) is 29.3 Å². The Bertz CT molecular complexity index is 589. The van der Waals surface area contributed by atoms with E-state index in [2.05, 4.69) is 31.3 Å². The summed E-state index contributed by atoms with van der Waals surface area (Å²) in [7, 11) is 0. The van der Waals surface area contributed by atoms with Gasteiger partial charge in [0.05, 0.1) is 12.4 Å². The van der Waals surface area contributed by atoms with Crippen LogP contribution in [0, 0.1) is 11.3 Å². The quantitative estimate of drug-likeness (QED) is 0.617. The first-order valence-corrected chi connectivity index (χ1v) is 7.10. The summed E-state index contributed by atoms with van der Waals surface area (Å²) in [6.45, 7) is 4.71. The van der Waals surface area contributed by atoms with E-state index in [1.807, 2.05) is 13.8 Å². The molecular weight excluding hydrogens is 260 g/mol. The molecule has 0 aromatic carbocycles. The molecule has 1 atom stereocenters. The van der Waals surface area contributed by atoms with Crippen molar-refractivity contribution in [1.82, 2.24) is 25.3 Å². The smallest absolute Gasteiger partial charge is 0.181 e. The number of aromatic amines is 1. The van der Waals surface area contributed by atoms with Crippen LogP contribution < -0.4 is 5.32 Å². The third kappa shape index (κ3) is 3.22. The molecule has 1 unspecified atom stereocenters. The number of imidazole rings is 1. The predicted molar refractivity (Wildman–Crippen MR) is 74.7 cm³/mol. The second kappa shape index (κ2) is 5.99. The third-order valence-electron chi connectivity index (χ3n) is 2.84. The van der Waals surface area contributed by atoms with Gasteiger partial charge < -0.3 is 4.98 Å². The van der Waals surface area contributed by atoms with Crippen molar-refractivity contribution in [2.45, 2.75) is 30.8 Å². The number of hydrogen-bond acceptors (Lipinski definition) is 6.